The second kappa shape index (κ2) is 4.93. The molecule has 2 N–H and O–H groups in total. The van der Waals surface area contributed by atoms with Crippen molar-refractivity contribution in [1.29, 1.82) is 0 Å². The van der Waals surface area contributed by atoms with Gasteiger partial charge in [-0.3, -0.25) is 9.59 Å². The van der Waals surface area contributed by atoms with Crippen molar-refractivity contribution in [2.24, 2.45) is 5.92 Å². The van der Waals surface area contributed by atoms with Gasteiger partial charge in [-0.15, -0.1) is 0 Å². The van der Waals surface area contributed by atoms with E-state index in [1.807, 2.05) is 0 Å². The first kappa shape index (κ1) is 12.4. The first-order valence-electron chi connectivity index (χ1n) is 4.72. The molecule has 2 unspecified atom stereocenters. The van der Waals surface area contributed by atoms with Crippen molar-refractivity contribution in [1.82, 2.24) is 4.90 Å². The Morgan fingerprint density at radius 2 is 2.25 bits per heavy atom. The molecule has 0 bridgehead atoms. The van der Waals surface area contributed by atoms with Gasteiger partial charge < -0.3 is 19.8 Å². The minimum Gasteiger partial charge on any atom is -0.480 e. The van der Waals surface area contributed by atoms with Crippen molar-refractivity contribution in [2.45, 2.75) is 12.5 Å². The molecule has 0 radical (unpaired) electrons. The molecule has 0 spiro atoms. The minimum atomic E-state index is -1.29. The van der Waals surface area contributed by atoms with E-state index in [0.717, 1.165) is 4.90 Å². The number of carbonyl (C=O) groups is 3. The molecular formula is C9H13NO6. The van der Waals surface area contributed by atoms with E-state index in [0.29, 0.717) is 0 Å². The van der Waals surface area contributed by atoms with E-state index in [2.05, 4.69) is 4.74 Å². The van der Waals surface area contributed by atoms with Crippen molar-refractivity contribution in [3.05, 3.63) is 0 Å². The molecule has 0 saturated carbocycles. The summed E-state index contributed by atoms with van der Waals surface area (Å²) in [5.74, 6) is -2.94. The number of carbonyl (C=O) groups excluding carboxylic acids is 2. The van der Waals surface area contributed by atoms with Crippen molar-refractivity contribution in [3.63, 3.8) is 0 Å². The molecular weight excluding hydrogens is 218 g/mol. The fourth-order valence-electron chi connectivity index (χ4n) is 1.67. The predicted molar refractivity (Wildman–Crippen MR) is 50.3 cm³/mol. The Morgan fingerprint density at radius 1 is 1.62 bits per heavy atom. The summed E-state index contributed by atoms with van der Waals surface area (Å²) in [6, 6.07) is -1.29. The van der Waals surface area contributed by atoms with Crippen LogP contribution in [0.4, 0.5) is 0 Å². The number of carboxylic acid groups (broad SMARTS) is 1. The molecule has 16 heavy (non-hydrogen) atoms. The van der Waals surface area contributed by atoms with Gasteiger partial charge in [0, 0.05) is 13.0 Å². The number of aliphatic carboxylic acids is 1. The van der Waals surface area contributed by atoms with Gasteiger partial charge in [-0.05, 0) is 0 Å². The van der Waals surface area contributed by atoms with Crippen LogP contribution in [0.1, 0.15) is 6.42 Å². The number of hydrogen-bond acceptors (Lipinski definition) is 5. The summed E-state index contributed by atoms with van der Waals surface area (Å²) >= 11 is 0. The highest BCUT2D eigenvalue weighted by Gasteiger charge is 2.40. The van der Waals surface area contributed by atoms with E-state index >= 15 is 0 Å². The van der Waals surface area contributed by atoms with Crippen molar-refractivity contribution < 1.29 is 29.3 Å². The molecule has 7 heteroatoms. The minimum absolute atomic E-state index is 0.0248. The summed E-state index contributed by atoms with van der Waals surface area (Å²) in [4.78, 5) is 34.4. The SMILES string of the molecule is COC(=O)C1CC(=O)N(C(CO)C(=O)O)C1. The number of nitrogens with zero attached hydrogens (tertiary/aromatic N) is 1. The Bertz CT molecular complexity index is 315. The molecule has 0 aromatic carbocycles. The zero-order valence-electron chi connectivity index (χ0n) is 8.75. The maximum absolute atomic E-state index is 11.5. The summed E-state index contributed by atoms with van der Waals surface area (Å²) in [5.41, 5.74) is 0. The normalized spacial score (nSPS) is 22.0. The average Bonchev–Trinajstić information content (AvgIpc) is 2.60. The summed E-state index contributed by atoms with van der Waals surface area (Å²) in [5, 5.41) is 17.6. The van der Waals surface area contributed by atoms with Gasteiger partial charge >= 0.3 is 11.9 Å². The van der Waals surface area contributed by atoms with Gasteiger partial charge in [-0.1, -0.05) is 0 Å². The standard InChI is InChI=1S/C9H13NO6/c1-16-9(15)5-2-7(12)10(3-5)6(4-11)8(13)14/h5-6,11H,2-4H2,1H3,(H,13,14). The van der Waals surface area contributed by atoms with Gasteiger partial charge in [0.25, 0.3) is 0 Å². The summed E-state index contributed by atoms with van der Waals surface area (Å²) < 4.78 is 4.48. The van der Waals surface area contributed by atoms with Gasteiger partial charge in [0.15, 0.2) is 6.04 Å². The van der Waals surface area contributed by atoms with Crippen LogP contribution in [0.25, 0.3) is 0 Å². The third kappa shape index (κ3) is 2.30. The van der Waals surface area contributed by atoms with E-state index in [-0.39, 0.29) is 13.0 Å². The van der Waals surface area contributed by atoms with E-state index in [4.69, 9.17) is 10.2 Å². The Kier molecular flexibility index (Phi) is 3.83. The largest absolute Gasteiger partial charge is 0.480 e. The first-order valence-corrected chi connectivity index (χ1v) is 4.72. The van der Waals surface area contributed by atoms with Gasteiger partial charge in [-0.2, -0.15) is 0 Å². The quantitative estimate of drug-likeness (QED) is 0.568. The van der Waals surface area contributed by atoms with Crippen molar-refractivity contribution >= 4 is 17.8 Å². The summed E-state index contributed by atoms with van der Waals surface area (Å²) in [6.45, 7) is -0.696. The smallest absolute Gasteiger partial charge is 0.328 e. The lowest BCUT2D eigenvalue weighted by Crippen LogP contribution is -2.44. The number of hydrogen-bond donors (Lipinski definition) is 2. The second-order valence-corrected chi connectivity index (χ2v) is 3.51. The number of rotatable bonds is 4. The van der Waals surface area contributed by atoms with E-state index in [1.54, 1.807) is 0 Å². The van der Waals surface area contributed by atoms with Crippen LogP contribution in [0.3, 0.4) is 0 Å². The van der Waals surface area contributed by atoms with Crippen LogP contribution in [0.5, 0.6) is 0 Å². The van der Waals surface area contributed by atoms with Crippen LogP contribution in [-0.2, 0) is 19.1 Å². The number of amides is 1. The van der Waals surface area contributed by atoms with Crippen LogP contribution in [0.2, 0.25) is 0 Å². The molecule has 1 rings (SSSR count). The van der Waals surface area contributed by atoms with Gasteiger partial charge in [-0.25, -0.2) is 4.79 Å². The van der Waals surface area contributed by atoms with Gasteiger partial charge in [0.1, 0.15) is 0 Å². The van der Waals surface area contributed by atoms with Crippen molar-refractivity contribution in [3.8, 4) is 0 Å². The number of esters is 1. The van der Waals surface area contributed by atoms with Crippen LogP contribution in [0, 0.1) is 5.92 Å². The van der Waals surface area contributed by atoms with Crippen LogP contribution < -0.4 is 0 Å². The molecule has 0 aliphatic carbocycles. The Hall–Kier alpha value is -1.63. The number of likely N-dealkylation sites (tertiary alicyclic amines) is 1. The molecule has 1 saturated heterocycles. The number of aliphatic hydroxyl groups excluding tert-OH is 1. The van der Waals surface area contributed by atoms with Crippen LogP contribution >= 0.6 is 0 Å². The maximum Gasteiger partial charge on any atom is 0.328 e. The fraction of sp³-hybridized carbons (Fsp3) is 0.667. The predicted octanol–water partition coefficient (Wildman–Crippen LogP) is -1.55. The molecule has 1 amide bonds. The molecule has 2 atom stereocenters. The number of methoxy groups -OCH3 is 1. The lowest BCUT2D eigenvalue weighted by molar-refractivity contribution is -0.150. The van der Waals surface area contributed by atoms with Gasteiger partial charge in [0.2, 0.25) is 5.91 Å². The van der Waals surface area contributed by atoms with Gasteiger partial charge in [0.05, 0.1) is 19.6 Å². The Morgan fingerprint density at radius 3 is 2.69 bits per heavy atom. The van der Waals surface area contributed by atoms with Crippen LogP contribution in [0.15, 0.2) is 0 Å². The van der Waals surface area contributed by atoms with Crippen molar-refractivity contribution in [2.75, 3.05) is 20.3 Å². The Balaban J connectivity index is 2.74. The number of aliphatic hydroxyl groups is 1. The van der Waals surface area contributed by atoms with E-state index in [9.17, 15) is 14.4 Å². The second-order valence-electron chi connectivity index (χ2n) is 3.51. The summed E-state index contributed by atoms with van der Waals surface area (Å²) in [7, 11) is 1.20. The number of ether oxygens (including phenoxy) is 1. The zero-order valence-corrected chi connectivity index (χ0v) is 8.75. The number of carboxylic acids is 1. The monoisotopic (exact) mass is 231 g/mol. The third-order valence-corrected chi connectivity index (χ3v) is 2.53. The zero-order chi connectivity index (χ0) is 12.3. The fourth-order valence-corrected chi connectivity index (χ4v) is 1.67. The highest BCUT2D eigenvalue weighted by atomic mass is 16.5. The molecule has 0 aromatic rings. The molecule has 1 aliphatic rings. The van der Waals surface area contributed by atoms with E-state index in [1.165, 1.54) is 7.11 Å². The first-order chi connectivity index (χ1) is 7.51. The molecule has 90 valence electrons. The maximum atomic E-state index is 11.5. The topological polar surface area (TPSA) is 104 Å². The summed E-state index contributed by atoms with van der Waals surface area (Å²) in [6.07, 6.45) is -0.0730. The van der Waals surface area contributed by atoms with Crippen LogP contribution in [-0.4, -0.2) is 59.3 Å². The molecule has 7 nitrogen and oxygen atoms in total. The average molecular weight is 231 g/mol. The highest BCUT2D eigenvalue weighted by Crippen LogP contribution is 2.21. The lowest BCUT2D eigenvalue weighted by atomic mass is 10.1. The Labute approximate surface area is 91.6 Å². The molecule has 1 fully saturated rings. The molecule has 0 aromatic heterocycles. The molecule has 1 heterocycles. The molecule has 1 aliphatic heterocycles. The third-order valence-electron chi connectivity index (χ3n) is 2.53. The lowest BCUT2D eigenvalue weighted by Gasteiger charge is -2.22. The highest BCUT2D eigenvalue weighted by molar-refractivity contribution is 5.90. The van der Waals surface area contributed by atoms with E-state index < -0.39 is 36.4 Å².